The largest absolute Gasteiger partial charge is 0.317 e. The summed E-state index contributed by atoms with van der Waals surface area (Å²) in [5.74, 6) is -2.33. The highest BCUT2D eigenvalue weighted by molar-refractivity contribution is 7.91. The fourth-order valence-electron chi connectivity index (χ4n) is 3.98. The number of halogens is 2. The van der Waals surface area contributed by atoms with E-state index in [0.717, 1.165) is 38.1 Å². The number of rotatable bonds is 5. The van der Waals surface area contributed by atoms with Crippen molar-refractivity contribution in [2.24, 2.45) is 0 Å². The zero-order valence-corrected chi connectivity index (χ0v) is 18.6. The summed E-state index contributed by atoms with van der Waals surface area (Å²) in [4.78, 5) is 12.1. The fraction of sp³-hybridized carbons (Fsp3) is 0.227. The van der Waals surface area contributed by atoms with Gasteiger partial charge in [0, 0.05) is 17.6 Å². The first-order chi connectivity index (χ1) is 16.3. The average molecular weight is 487 g/mol. The summed E-state index contributed by atoms with van der Waals surface area (Å²) in [6.07, 6.45) is 4.98. The topological polar surface area (TPSA) is 122 Å². The molecule has 2 aromatic heterocycles. The number of anilines is 1. The number of carbonyl (C=O) groups excluding carboxylic acids is 1. The van der Waals surface area contributed by atoms with Gasteiger partial charge in [0.25, 0.3) is 5.91 Å². The quantitative estimate of drug-likeness (QED) is 0.399. The molecule has 3 N–H and O–H groups in total. The van der Waals surface area contributed by atoms with Crippen LogP contribution >= 0.6 is 0 Å². The van der Waals surface area contributed by atoms with Gasteiger partial charge in [-0.1, -0.05) is 0 Å². The summed E-state index contributed by atoms with van der Waals surface area (Å²) in [5.41, 5.74) is 0.818. The number of aromatic amines is 1. The van der Waals surface area contributed by atoms with Crippen LogP contribution in [0, 0.1) is 11.6 Å². The summed E-state index contributed by atoms with van der Waals surface area (Å²) < 4.78 is 54.8. The standard InChI is InChI=1S/C22H20F2N6O3S/c23-14-7-15(24)9-18(8-14)34(32,33)17-1-2-20-19(10-17)21(29-28-20)27-22(31)13-11-26-30(12-13)16-3-5-25-6-4-16/h1-2,7-12,16,25H,3-6H2,(H2,27,28,29,31). The van der Waals surface area contributed by atoms with Crippen molar-refractivity contribution in [3.05, 3.63) is 66.0 Å². The van der Waals surface area contributed by atoms with Gasteiger partial charge < -0.3 is 10.6 Å². The van der Waals surface area contributed by atoms with E-state index in [1.54, 1.807) is 10.9 Å². The summed E-state index contributed by atoms with van der Waals surface area (Å²) in [7, 11) is -4.21. The predicted molar refractivity (Wildman–Crippen MR) is 119 cm³/mol. The number of hydrogen-bond acceptors (Lipinski definition) is 6. The van der Waals surface area contributed by atoms with E-state index < -0.39 is 32.3 Å². The van der Waals surface area contributed by atoms with Gasteiger partial charge in [0.1, 0.15) is 11.6 Å². The number of H-pyrrole nitrogens is 1. The molecule has 5 rings (SSSR count). The van der Waals surface area contributed by atoms with Gasteiger partial charge in [-0.2, -0.15) is 10.2 Å². The Morgan fingerprint density at radius 3 is 2.53 bits per heavy atom. The van der Waals surface area contributed by atoms with Crippen LogP contribution in [0.5, 0.6) is 0 Å². The first-order valence-corrected chi connectivity index (χ1v) is 12.0. The maximum atomic E-state index is 13.6. The van der Waals surface area contributed by atoms with Gasteiger partial charge in [-0.15, -0.1) is 0 Å². The molecule has 3 heterocycles. The van der Waals surface area contributed by atoms with E-state index >= 15 is 0 Å². The zero-order valence-electron chi connectivity index (χ0n) is 17.8. The Hall–Kier alpha value is -3.64. The normalized spacial score (nSPS) is 15.0. The van der Waals surface area contributed by atoms with Crippen LogP contribution in [0.4, 0.5) is 14.6 Å². The van der Waals surface area contributed by atoms with Gasteiger partial charge in [0.2, 0.25) is 9.84 Å². The molecule has 1 amide bonds. The molecular weight excluding hydrogens is 466 g/mol. The van der Waals surface area contributed by atoms with Crippen LogP contribution in [0.2, 0.25) is 0 Å². The minimum atomic E-state index is -4.21. The second-order valence-electron chi connectivity index (χ2n) is 8.03. The minimum Gasteiger partial charge on any atom is -0.317 e. The highest BCUT2D eigenvalue weighted by atomic mass is 32.2. The minimum absolute atomic E-state index is 0.122. The molecule has 12 heteroatoms. The van der Waals surface area contributed by atoms with Crippen molar-refractivity contribution < 1.29 is 22.0 Å². The lowest BCUT2D eigenvalue weighted by Gasteiger charge is -2.22. The number of nitrogens with zero attached hydrogens (tertiary/aromatic N) is 3. The Balaban J connectivity index is 1.42. The number of hydrogen-bond donors (Lipinski definition) is 3. The van der Waals surface area contributed by atoms with Crippen molar-refractivity contribution in [3.63, 3.8) is 0 Å². The number of amides is 1. The molecule has 0 spiro atoms. The maximum absolute atomic E-state index is 13.6. The molecule has 1 aliphatic rings. The van der Waals surface area contributed by atoms with Gasteiger partial charge in [-0.05, 0) is 56.3 Å². The molecule has 1 fully saturated rings. The molecule has 0 unspecified atom stereocenters. The van der Waals surface area contributed by atoms with E-state index in [9.17, 15) is 22.0 Å². The van der Waals surface area contributed by atoms with E-state index in [-0.39, 0.29) is 16.8 Å². The van der Waals surface area contributed by atoms with Crippen LogP contribution in [0.3, 0.4) is 0 Å². The van der Waals surface area contributed by atoms with E-state index in [1.807, 2.05) is 0 Å². The van der Waals surface area contributed by atoms with E-state index in [0.29, 0.717) is 22.5 Å². The molecule has 0 bridgehead atoms. The van der Waals surface area contributed by atoms with Gasteiger partial charge in [0.15, 0.2) is 5.82 Å². The lowest BCUT2D eigenvalue weighted by Crippen LogP contribution is -2.29. The molecule has 0 aliphatic carbocycles. The monoisotopic (exact) mass is 486 g/mol. The summed E-state index contributed by atoms with van der Waals surface area (Å²) >= 11 is 0. The number of benzene rings is 2. The van der Waals surface area contributed by atoms with Crippen LogP contribution in [0.15, 0.2) is 58.6 Å². The van der Waals surface area contributed by atoms with Gasteiger partial charge in [-0.3, -0.25) is 14.6 Å². The Morgan fingerprint density at radius 2 is 1.79 bits per heavy atom. The lowest BCUT2D eigenvalue weighted by atomic mass is 10.1. The highest BCUT2D eigenvalue weighted by Crippen LogP contribution is 2.28. The molecular formula is C22H20F2N6O3S. The van der Waals surface area contributed by atoms with Crippen molar-refractivity contribution in [2.45, 2.75) is 28.7 Å². The van der Waals surface area contributed by atoms with Crippen molar-refractivity contribution in [1.29, 1.82) is 0 Å². The molecule has 0 saturated carbocycles. The van der Waals surface area contributed by atoms with Crippen LogP contribution < -0.4 is 10.6 Å². The van der Waals surface area contributed by atoms with Crippen molar-refractivity contribution in [2.75, 3.05) is 18.4 Å². The molecule has 34 heavy (non-hydrogen) atoms. The molecule has 0 atom stereocenters. The maximum Gasteiger partial charge on any atom is 0.260 e. The third kappa shape index (κ3) is 4.17. The summed E-state index contributed by atoms with van der Waals surface area (Å²) in [6, 6.07) is 6.38. The summed E-state index contributed by atoms with van der Waals surface area (Å²) in [6.45, 7) is 1.78. The third-order valence-corrected chi connectivity index (χ3v) is 7.50. The predicted octanol–water partition coefficient (Wildman–Crippen LogP) is 3.05. The lowest BCUT2D eigenvalue weighted by molar-refractivity contribution is 0.102. The Morgan fingerprint density at radius 1 is 1.06 bits per heavy atom. The van der Waals surface area contributed by atoms with Crippen molar-refractivity contribution in [3.8, 4) is 0 Å². The second-order valence-corrected chi connectivity index (χ2v) is 9.98. The molecule has 9 nitrogen and oxygen atoms in total. The molecule has 1 aliphatic heterocycles. The van der Waals surface area contributed by atoms with Crippen molar-refractivity contribution in [1.82, 2.24) is 25.3 Å². The Labute approximate surface area is 193 Å². The third-order valence-electron chi connectivity index (χ3n) is 5.77. The molecule has 176 valence electrons. The van der Waals surface area contributed by atoms with Gasteiger partial charge in [-0.25, -0.2) is 17.2 Å². The smallest absolute Gasteiger partial charge is 0.260 e. The first kappa shape index (κ1) is 22.2. The number of aromatic nitrogens is 4. The second kappa shape index (κ2) is 8.61. The van der Waals surface area contributed by atoms with E-state index in [1.165, 1.54) is 24.4 Å². The number of sulfone groups is 1. The van der Waals surface area contributed by atoms with Crippen molar-refractivity contribution >= 4 is 32.5 Å². The Bertz CT molecular complexity index is 1470. The van der Waals surface area contributed by atoms with Crippen LogP contribution in [0.1, 0.15) is 29.2 Å². The highest BCUT2D eigenvalue weighted by Gasteiger charge is 2.22. The van der Waals surface area contributed by atoms with E-state index in [4.69, 9.17) is 0 Å². The number of fused-ring (bicyclic) bond motifs is 1. The van der Waals surface area contributed by atoms with Crippen LogP contribution in [-0.4, -0.2) is 47.4 Å². The first-order valence-electron chi connectivity index (χ1n) is 10.6. The number of carbonyl (C=O) groups is 1. The van der Waals surface area contributed by atoms with Crippen LogP contribution in [0.25, 0.3) is 10.9 Å². The summed E-state index contributed by atoms with van der Waals surface area (Å²) in [5, 5.41) is 17.4. The SMILES string of the molecule is O=C(Nc1n[nH]c2ccc(S(=O)(=O)c3cc(F)cc(F)c3)cc12)c1cnn(C2CCNCC2)c1. The van der Waals surface area contributed by atoms with Gasteiger partial charge in [0.05, 0.1) is 33.1 Å². The molecule has 4 aromatic rings. The molecule has 0 radical (unpaired) electrons. The Kier molecular flexibility index (Phi) is 5.62. The zero-order chi connectivity index (χ0) is 23.9. The average Bonchev–Trinajstić information content (AvgIpc) is 3.47. The van der Waals surface area contributed by atoms with Crippen LogP contribution in [-0.2, 0) is 9.84 Å². The van der Waals surface area contributed by atoms with Gasteiger partial charge >= 0.3 is 0 Å². The molecule has 1 saturated heterocycles. The fourth-order valence-corrected chi connectivity index (χ4v) is 5.31. The molecule has 2 aromatic carbocycles. The number of nitrogens with one attached hydrogen (secondary N) is 3. The number of piperidine rings is 1. The van der Waals surface area contributed by atoms with E-state index in [2.05, 4.69) is 25.9 Å².